The van der Waals surface area contributed by atoms with Crippen molar-refractivity contribution in [2.45, 2.75) is 52.6 Å². The van der Waals surface area contributed by atoms with Crippen LogP contribution in [-0.4, -0.2) is 39.7 Å². The molecule has 0 fully saturated rings. The molecule has 0 aliphatic heterocycles. The van der Waals surface area contributed by atoms with Gasteiger partial charge in [-0.15, -0.1) is 11.3 Å². The fraction of sp³-hybridized carbons (Fsp3) is 0.419. The number of nitrogens with one attached hydrogen (secondary N) is 2. The lowest BCUT2D eigenvalue weighted by Crippen LogP contribution is -2.29. The number of para-hydroxylation sites is 1. The van der Waals surface area contributed by atoms with Gasteiger partial charge < -0.3 is 16.4 Å². The maximum absolute atomic E-state index is 12.8. The molecule has 4 N–H and O–H groups in total. The number of nitrogens with zero attached hydrogens (tertiary/aromatic N) is 3. The number of aromatic nitrogens is 3. The number of aryl methyl sites for hydroxylation is 2. The minimum absolute atomic E-state index is 0.0496. The van der Waals surface area contributed by atoms with Crippen molar-refractivity contribution in [1.82, 2.24) is 20.1 Å². The van der Waals surface area contributed by atoms with Gasteiger partial charge in [0.05, 0.1) is 4.88 Å². The van der Waals surface area contributed by atoms with Crippen molar-refractivity contribution >= 4 is 50.7 Å². The number of hydrogen-bond donors (Lipinski definition) is 3. The Balaban J connectivity index is 0.000000204. The third kappa shape index (κ3) is 7.59. The molecule has 1 aliphatic rings. The Labute approximate surface area is 263 Å². The van der Waals surface area contributed by atoms with Crippen molar-refractivity contribution in [3.05, 3.63) is 75.0 Å². The predicted octanol–water partition coefficient (Wildman–Crippen LogP) is 6.87. The number of alkyl halides is 3. The Morgan fingerprint density at radius 2 is 1.86 bits per heavy atom. The van der Waals surface area contributed by atoms with E-state index >= 15 is 0 Å². The molecule has 3 heterocycles. The maximum Gasteiger partial charge on any atom is 0.436 e. The van der Waals surface area contributed by atoms with Gasteiger partial charge in [0.2, 0.25) is 0 Å². The summed E-state index contributed by atoms with van der Waals surface area (Å²) in [7, 11) is 1.23. The van der Waals surface area contributed by atoms with Gasteiger partial charge in [0.15, 0.2) is 5.69 Å². The average molecular weight is 649 g/mol. The minimum Gasteiger partial charge on any atom is -0.350 e. The summed E-state index contributed by atoms with van der Waals surface area (Å²) in [6, 6.07) is 12.3. The molecule has 4 aromatic rings. The summed E-state index contributed by atoms with van der Waals surface area (Å²) in [5.41, 5.74) is 6.78. The smallest absolute Gasteiger partial charge is 0.350 e. The number of amides is 2. The van der Waals surface area contributed by atoms with E-state index in [9.17, 15) is 22.8 Å². The molecule has 0 spiro atoms. The standard InChI is InChI=1S/C19H27N3OS.C12H9ClF3N3O/c1-4-19(2,3)14-5-6-15-12(10-14)9-13-11-16(24-18(13)22-15)17(23)21-8-7-20;1-19-10(13)8(9(18-19)12(14,15)16)11(20)17-7-5-3-2-4-6-7/h9,11,14H,4-8,10,20H2,1-3H3,(H,21,23);2-6H,1H3,(H,17,20). The summed E-state index contributed by atoms with van der Waals surface area (Å²) in [4.78, 5) is 30.6. The summed E-state index contributed by atoms with van der Waals surface area (Å²) in [6.07, 6.45) is -0.196. The van der Waals surface area contributed by atoms with Crippen LogP contribution in [-0.2, 0) is 26.1 Å². The second-order valence-corrected chi connectivity index (χ2v) is 12.8. The number of carbonyl (C=O) groups is 2. The SMILES string of the molecule is CCC(C)(C)C1CCc2nc3sc(C(=O)NCCN)cc3cc2C1.Cn1nc(C(F)(F)F)c(C(=O)Nc2ccccc2)c1Cl. The van der Waals surface area contributed by atoms with Crippen LogP contribution < -0.4 is 16.4 Å². The van der Waals surface area contributed by atoms with Gasteiger partial charge in [0.25, 0.3) is 11.8 Å². The first-order chi connectivity index (χ1) is 20.7. The third-order valence-electron chi connectivity index (χ3n) is 8.05. The first kappa shape index (κ1) is 33.4. The van der Waals surface area contributed by atoms with Crippen molar-refractivity contribution in [3.63, 3.8) is 0 Å². The number of benzene rings is 1. The number of fused-ring (bicyclic) bond motifs is 2. The molecule has 13 heteroatoms. The Kier molecular flexibility index (Phi) is 10.4. The highest BCUT2D eigenvalue weighted by atomic mass is 35.5. The lowest BCUT2D eigenvalue weighted by atomic mass is 9.69. The highest BCUT2D eigenvalue weighted by Crippen LogP contribution is 2.40. The largest absolute Gasteiger partial charge is 0.436 e. The van der Waals surface area contributed by atoms with Gasteiger partial charge >= 0.3 is 6.18 Å². The molecule has 236 valence electrons. The van der Waals surface area contributed by atoms with Crippen LogP contribution >= 0.6 is 22.9 Å². The number of nitrogens with two attached hydrogens (primary N) is 1. The monoisotopic (exact) mass is 648 g/mol. The van der Waals surface area contributed by atoms with Gasteiger partial charge in [0.1, 0.15) is 15.5 Å². The summed E-state index contributed by atoms with van der Waals surface area (Å²) in [5.74, 6) is -0.298. The first-order valence-electron chi connectivity index (χ1n) is 14.3. The van der Waals surface area contributed by atoms with Crippen LogP contribution in [0, 0.1) is 11.3 Å². The van der Waals surface area contributed by atoms with E-state index in [4.69, 9.17) is 22.3 Å². The highest BCUT2D eigenvalue weighted by Gasteiger charge is 2.41. The molecular weight excluding hydrogens is 613 g/mol. The van der Waals surface area contributed by atoms with E-state index in [0.29, 0.717) is 30.1 Å². The Morgan fingerprint density at radius 3 is 2.50 bits per heavy atom. The number of rotatable bonds is 7. The quantitative estimate of drug-likeness (QED) is 0.202. The van der Waals surface area contributed by atoms with E-state index in [1.165, 1.54) is 42.5 Å². The van der Waals surface area contributed by atoms with Crippen LogP contribution in [0.3, 0.4) is 0 Å². The zero-order valence-corrected chi connectivity index (χ0v) is 26.6. The van der Waals surface area contributed by atoms with E-state index in [0.717, 1.165) is 32.6 Å². The zero-order chi connectivity index (χ0) is 32.2. The molecule has 5 rings (SSSR count). The molecule has 1 unspecified atom stereocenters. The molecule has 1 atom stereocenters. The molecule has 8 nitrogen and oxygen atoms in total. The van der Waals surface area contributed by atoms with Crippen molar-refractivity contribution in [3.8, 4) is 0 Å². The van der Waals surface area contributed by atoms with Crippen LogP contribution in [0.15, 0.2) is 42.5 Å². The van der Waals surface area contributed by atoms with Gasteiger partial charge in [-0.1, -0.05) is 57.0 Å². The molecule has 0 saturated heterocycles. The number of hydrogen-bond acceptors (Lipinski definition) is 6. The van der Waals surface area contributed by atoms with Crippen molar-refractivity contribution in [2.75, 3.05) is 18.4 Å². The second kappa shape index (κ2) is 13.7. The van der Waals surface area contributed by atoms with Crippen LogP contribution in [0.5, 0.6) is 0 Å². The van der Waals surface area contributed by atoms with Gasteiger partial charge in [-0.3, -0.25) is 14.3 Å². The Morgan fingerprint density at radius 1 is 1.16 bits per heavy atom. The molecule has 0 radical (unpaired) electrons. The Hall–Kier alpha value is -3.48. The molecule has 1 aromatic carbocycles. The first-order valence-corrected chi connectivity index (χ1v) is 15.5. The van der Waals surface area contributed by atoms with E-state index < -0.39 is 23.3 Å². The van der Waals surface area contributed by atoms with Gasteiger partial charge in [-0.25, -0.2) is 4.98 Å². The van der Waals surface area contributed by atoms with Crippen LogP contribution in [0.2, 0.25) is 5.15 Å². The fourth-order valence-corrected chi connectivity index (χ4v) is 6.25. The third-order valence-corrected chi connectivity index (χ3v) is 9.52. The van der Waals surface area contributed by atoms with Gasteiger partial charge in [-0.05, 0) is 60.4 Å². The molecule has 2 amide bonds. The number of carbonyl (C=O) groups excluding carboxylic acids is 2. The summed E-state index contributed by atoms with van der Waals surface area (Å²) < 4.78 is 39.3. The topological polar surface area (TPSA) is 115 Å². The molecule has 0 bridgehead atoms. The molecule has 44 heavy (non-hydrogen) atoms. The van der Waals surface area contributed by atoms with Crippen molar-refractivity contribution < 1.29 is 22.8 Å². The fourth-order valence-electron chi connectivity index (χ4n) is 5.08. The summed E-state index contributed by atoms with van der Waals surface area (Å²) in [5, 5.41) is 9.14. The molecule has 3 aromatic heterocycles. The molecule has 0 saturated carbocycles. The lowest BCUT2D eigenvalue weighted by molar-refractivity contribution is -0.141. The lowest BCUT2D eigenvalue weighted by Gasteiger charge is -2.36. The van der Waals surface area contributed by atoms with Crippen LogP contribution in [0.4, 0.5) is 18.9 Å². The van der Waals surface area contributed by atoms with Crippen molar-refractivity contribution in [1.29, 1.82) is 0 Å². The highest BCUT2D eigenvalue weighted by molar-refractivity contribution is 7.20. The van der Waals surface area contributed by atoms with Gasteiger partial charge in [-0.2, -0.15) is 18.3 Å². The minimum atomic E-state index is -4.76. The maximum atomic E-state index is 12.8. The molecule has 1 aliphatic carbocycles. The van der Waals surface area contributed by atoms with Crippen LogP contribution in [0.25, 0.3) is 10.2 Å². The number of thiophene rings is 1. The van der Waals surface area contributed by atoms with Crippen molar-refractivity contribution in [2.24, 2.45) is 24.1 Å². The van der Waals surface area contributed by atoms with E-state index in [1.54, 1.807) is 30.3 Å². The summed E-state index contributed by atoms with van der Waals surface area (Å²) in [6.45, 7) is 7.99. The normalized spacial score (nSPS) is 14.9. The molecular formula is C31H36ClF3N6O2S. The number of anilines is 1. The van der Waals surface area contributed by atoms with E-state index in [1.807, 2.05) is 6.07 Å². The zero-order valence-electron chi connectivity index (χ0n) is 25.0. The number of halogens is 4. The predicted molar refractivity (Wildman–Crippen MR) is 168 cm³/mol. The van der Waals surface area contributed by atoms with E-state index in [2.05, 4.69) is 42.6 Å². The van der Waals surface area contributed by atoms with Gasteiger partial charge in [0, 0.05) is 36.9 Å². The van der Waals surface area contributed by atoms with Crippen LogP contribution in [0.1, 0.15) is 70.6 Å². The Bertz CT molecular complexity index is 1630. The summed E-state index contributed by atoms with van der Waals surface area (Å²) >= 11 is 7.20. The number of pyridine rings is 1. The average Bonchev–Trinajstić information content (AvgIpc) is 3.55. The van der Waals surface area contributed by atoms with E-state index in [-0.39, 0.29) is 11.1 Å². The second-order valence-electron chi connectivity index (χ2n) is 11.4.